The average Bonchev–Trinajstić information content (AvgIpc) is 2.39. The highest BCUT2D eigenvalue weighted by Crippen LogP contribution is 2.39. The first-order valence-electron chi connectivity index (χ1n) is 7.34. The first kappa shape index (κ1) is 14.8. The van der Waals surface area contributed by atoms with E-state index in [0.717, 1.165) is 11.7 Å². The molecule has 0 spiro atoms. The van der Waals surface area contributed by atoms with Gasteiger partial charge in [0.25, 0.3) is 0 Å². The molecule has 19 heavy (non-hydrogen) atoms. The van der Waals surface area contributed by atoms with Gasteiger partial charge < -0.3 is 4.52 Å². The molecule has 1 aromatic rings. The largest absolute Gasteiger partial charge is 0.324 e. The van der Waals surface area contributed by atoms with Crippen LogP contribution in [-0.4, -0.2) is 6.10 Å². The summed E-state index contributed by atoms with van der Waals surface area (Å²) in [4.78, 5) is 0. The molecule has 0 radical (unpaired) electrons. The third-order valence-electron chi connectivity index (χ3n) is 4.23. The molecule has 0 amide bonds. The third-order valence-corrected chi connectivity index (χ3v) is 5.55. The first-order chi connectivity index (χ1) is 9.08. The third kappa shape index (κ3) is 3.94. The molecule has 2 rings (SSSR count). The van der Waals surface area contributed by atoms with Crippen LogP contribution in [0.3, 0.4) is 0 Å². The summed E-state index contributed by atoms with van der Waals surface area (Å²) in [5.74, 6) is 1.84. The van der Waals surface area contributed by atoms with Crippen LogP contribution in [0, 0.1) is 17.8 Å². The van der Waals surface area contributed by atoms with E-state index in [-0.39, 0.29) is 6.10 Å². The van der Waals surface area contributed by atoms with E-state index in [2.05, 4.69) is 20.8 Å². The van der Waals surface area contributed by atoms with Crippen LogP contribution in [-0.2, 0) is 9.09 Å². The van der Waals surface area contributed by atoms with E-state index >= 15 is 0 Å². The van der Waals surface area contributed by atoms with Gasteiger partial charge in [0.15, 0.2) is 0 Å². The molecule has 2 nitrogen and oxygen atoms in total. The van der Waals surface area contributed by atoms with Crippen LogP contribution in [0.4, 0.5) is 0 Å². The van der Waals surface area contributed by atoms with Crippen molar-refractivity contribution in [1.82, 2.24) is 0 Å². The number of hydrogen-bond acceptors (Lipinski definition) is 2. The Morgan fingerprint density at radius 3 is 2.53 bits per heavy atom. The maximum atomic E-state index is 12.4. The predicted molar refractivity (Wildman–Crippen MR) is 81.3 cm³/mol. The van der Waals surface area contributed by atoms with Crippen LogP contribution in [0.25, 0.3) is 0 Å². The lowest BCUT2D eigenvalue weighted by Gasteiger charge is -2.36. The summed E-state index contributed by atoms with van der Waals surface area (Å²) in [6.07, 6.45) is 3.68. The molecule has 0 aromatic heterocycles. The Labute approximate surface area is 117 Å². The molecular weight excluding hydrogens is 255 g/mol. The molecule has 0 bridgehead atoms. The van der Waals surface area contributed by atoms with E-state index in [1.54, 1.807) is 0 Å². The second kappa shape index (κ2) is 6.72. The van der Waals surface area contributed by atoms with Crippen LogP contribution in [0.5, 0.6) is 0 Å². The highest BCUT2D eigenvalue weighted by Gasteiger charge is 2.32. The molecule has 4 atom stereocenters. The van der Waals surface area contributed by atoms with E-state index in [1.165, 1.54) is 12.8 Å². The summed E-state index contributed by atoms with van der Waals surface area (Å²) in [7, 11) is -2.10. The van der Waals surface area contributed by atoms with Crippen molar-refractivity contribution in [3.8, 4) is 0 Å². The van der Waals surface area contributed by atoms with Gasteiger partial charge in [0.1, 0.15) is 0 Å². The van der Waals surface area contributed by atoms with E-state index < -0.39 is 8.03 Å². The summed E-state index contributed by atoms with van der Waals surface area (Å²) < 4.78 is 18.3. The minimum Gasteiger partial charge on any atom is -0.324 e. The summed E-state index contributed by atoms with van der Waals surface area (Å²) in [6, 6.07) is 9.59. The molecule has 1 aliphatic rings. The quantitative estimate of drug-likeness (QED) is 0.770. The molecule has 1 aromatic carbocycles. The average molecular weight is 280 g/mol. The number of benzene rings is 1. The Bertz CT molecular complexity index is 416. The Kier molecular flexibility index (Phi) is 5.24. The molecule has 0 aliphatic heterocycles. The fraction of sp³-hybridized carbons (Fsp3) is 0.625. The fourth-order valence-electron chi connectivity index (χ4n) is 3.03. The highest BCUT2D eigenvalue weighted by molar-refractivity contribution is 7.48. The van der Waals surface area contributed by atoms with Gasteiger partial charge >= 0.3 is 0 Å². The van der Waals surface area contributed by atoms with Gasteiger partial charge in [-0.2, -0.15) is 0 Å². The molecule has 1 aliphatic carbocycles. The van der Waals surface area contributed by atoms with Gasteiger partial charge in [0, 0.05) is 5.30 Å². The lowest BCUT2D eigenvalue weighted by Crippen LogP contribution is -2.33. The molecule has 1 unspecified atom stereocenters. The molecule has 106 valence electrons. The zero-order chi connectivity index (χ0) is 13.8. The van der Waals surface area contributed by atoms with Gasteiger partial charge in [-0.3, -0.25) is 4.57 Å². The van der Waals surface area contributed by atoms with E-state index in [9.17, 15) is 4.57 Å². The van der Waals surface area contributed by atoms with Crippen molar-refractivity contribution in [2.75, 3.05) is 0 Å². The van der Waals surface area contributed by atoms with Crippen molar-refractivity contribution in [3.63, 3.8) is 0 Å². The van der Waals surface area contributed by atoms with Crippen molar-refractivity contribution in [2.24, 2.45) is 17.8 Å². The Morgan fingerprint density at radius 1 is 1.21 bits per heavy atom. The molecule has 1 saturated carbocycles. The molecule has 3 heteroatoms. The maximum absolute atomic E-state index is 12.4. The van der Waals surface area contributed by atoms with E-state index in [4.69, 9.17) is 4.52 Å². The van der Waals surface area contributed by atoms with Gasteiger partial charge in [-0.1, -0.05) is 45.4 Å². The van der Waals surface area contributed by atoms with Gasteiger partial charge in [0.05, 0.1) is 6.10 Å². The number of rotatable bonds is 4. The topological polar surface area (TPSA) is 26.3 Å². The Balaban J connectivity index is 2.04. The molecule has 1 fully saturated rings. The Hall–Kier alpha value is -0.590. The molecule has 0 heterocycles. The zero-order valence-electron chi connectivity index (χ0n) is 12.1. The fourth-order valence-corrected chi connectivity index (χ4v) is 4.18. The minimum absolute atomic E-state index is 0.162. The van der Waals surface area contributed by atoms with Crippen molar-refractivity contribution in [2.45, 2.75) is 46.1 Å². The van der Waals surface area contributed by atoms with Crippen LogP contribution < -0.4 is 5.30 Å². The molecule has 0 saturated heterocycles. The lowest BCUT2D eigenvalue weighted by atomic mass is 9.75. The standard InChI is InChI=1S/C16H25O2P/c1-12(2)15-10-9-13(3)11-16(15)18-19(17)14-7-5-4-6-8-14/h4-8,12-13,15-16,19H,9-11H2,1-3H3/t13-,15+,16-/m1/s1. The summed E-state index contributed by atoms with van der Waals surface area (Å²) in [5, 5.41) is 0.841. The van der Waals surface area contributed by atoms with Gasteiger partial charge in [0.2, 0.25) is 8.03 Å². The summed E-state index contributed by atoms with van der Waals surface area (Å²) in [6.45, 7) is 6.76. The van der Waals surface area contributed by atoms with Gasteiger partial charge in [-0.25, -0.2) is 0 Å². The van der Waals surface area contributed by atoms with E-state index in [0.29, 0.717) is 17.8 Å². The maximum Gasteiger partial charge on any atom is 0.220 e. The molecule has 0 N–H and O–H groups in total. The highest BCUT2D eigenvalue weighted by atomic mass is 31.1. The first-order valence-corrected chi connectivity index (χ1v) is 8.65. The summed E-state index contributed by atoms with van der Waals surface area (Å²) in [5.41, 5.74) is 0. The van der Waals surface area contributed by atoms with Crippen LogP contribution in [0.2, 0.25) is 0 Å². The van der Waals surface area contributed by atoms with Crippen LogP contribution in [0.15, 0.2) is 30.3 Å². The second-order valence-corrected chi connectivity index (χ2v) is 7.52. The van der Waals surface area contributed by atoms with Crippen molar-refractivity contribution in [1.29, 1.82) is 0 Å². The van der Waals surface area contributed by atoms with Crippen molar-refractivity contribution < 1.29 is 9.09 Å². The smallest absolute Gasteiger partial charge is 0.220 e. The molecular formula is C16H25O2P. The van der Waals surface area contributed by atoms with Gasteiger partial charge in [-0.15, -0.1) is 0 Å². The normalized spacial score (nSPS) is 29.4. The van der Waals surface area contributed by atoms with E-state index in [1.807, 2.05) is 30.3 Å². The van der Waals surface area contributed by atoms with Gasteiger partial charge in [-0.05, 0) is 42.7 Å². The van der Waals surface area contributed by atoms with Crippen molar-refractivity contribution in [3.05, 3.63) is 30.3 Å². The zero-order valence-corrected chi connectivity index (χ0v) is 13.1. The monoisotopic (exact) mass is 280 g/mol. The Morgan fingerprint density at radius 2 is 1.89 bits per heavy atom. The summed E-state index contributed by atoms with van der Waals surface area (Å²) >= 11 is 0. The lowest BCUT2D eigenvalue weighted by molar-refractivity contribution is 0.0538. The minimum atomic E-state index is -2.10. The second-order valence-electron chi connectivity index (χ2n) is 6.14. The predicted octanol–water partition coefficient (Wildman–Crippen LogP) is 4.26. The SMILES string of the molecule is CC(C)[C@@H]1CC[C@@H](C)C[C@H]1O[PH](=O)c1ccccc1. The van der Waals surface area contributed by atoms with Crippen LogP contribution in [0.1, 0.15) is 40.0 Å². The van der Waals surface area contributed by atoms with Crippen LogP contribution >= 0.6 is 8.03 Å². The van der Waals surface area contributed by atoms with Crippen molar-refractivity contribution >= 4 is 13.3 Å². The number of hydrogen-bond donors (Lipinski definition) is 0.